The maximum Gasteiger partial charge on any atom is 0.222 e. The number of anilines is 1. The molecule has 5 heteroatoms. The summed E-state index contributed by atoms with van der Waals surface area (Å²) in [6, 6.07) is 0. The van der Waals surface area contributed by atoms with Crippen molar-refractivity contribution >= 4 is 5.95 Å². The van der Waals surface area contributed by atoms with Gasteiger partial charge in [-0.15, -0.1) is 0 Å². The van der Waals surface area contributed by atoms with Crippen LogP contribution in [0.15, 0.2) is 12.4 Å². The van der Waals surface area contributed by atoms with Crippen LogP contribution >= 0.6 is 0 Å². The second kappa shape index (κ2) is 6.26. The van der Waals surface area contributed by atoms with E-state index in [0.717, 1.165) is 38.2 Å². The highest BCUT2D eigenvalue weighted by atomic mass is 19.1. The SMILES string of the molecule is OCCCCCNc1ncc(F)cn1. The molecule has 1 rings (SSSR count). The van der Waals surface area contributed by atoms with Crippen molar-refractivity contribution in [1.29, 1.82) is 0 Å². The fraction of sp³-hybridized carbons (Fsp3) is 0.556. The lowest BCUT2D eigenvalue weighted by molar-refractivity contribution is 0.283. The zero-order chi connectivity index (χ0) is 10.2. The normalized spacial score (nSPS) is 10.1. The first-order valence-electron chi connectivity index (χ1n) is 4.65. The maximum absolute atomic E-state index is 12.4. The van der Waals surface area contributed by atoms with Crippen LogP contribution in [0.3, 0.4) is 0 Å². The lowest BCUT2D eigenvalue weighted by Gasteiger charge is -2.02. The van der Waals surface area contributed by atoms with Crippen molar-refractivity contribution in [3.63, 3.8) is 0 Å². The number of rotatable bonds is 6. The fourth-order valence-corrected chi connectivity index (χ4v) is 1.02. The van der Waals surface area contributed by atoms with E-state index in [2.05, 4.69) is 15.3 Å². The van der Waals surface area contributed by atoms with E-state index in [-0.39, 0.29) is 6.61 Å². The van der Waals surface area contributed by atoms with Crippen LogP contribution in [0.5, 0.6) is 0 Å². The molecule has 1 aromatic heterocycles. The minimum absolute atomic E-state index is 0.229. The zero-order valence-electron chi connectivity index (χ0n) is 7.91. The minimum atomic E-state index is -0.434. The monoisotopic (exact) mass is 199 g/mol. The first kappa shape index (κ1) is 10.8. The first-order valence-corrected chi connectivity index (χ1v) is 4.65. The smallest absolute Gasteiger partial charge is 0.222 e. The van der Waals surface area contributed by atoms with Gasteiger partial charge < -0.3 is 10.4 Å². The Morgan fingerprint density at radius 3 is 2.57 bits per heavy atom. The van der Waals surface area contributed by atoms with Crippen LogP contribution in [-0.4, -0.2) is 28.2 Å². The van der Waals surface area contributed by atoms with Crippen LogP contribution in [0.25, 0.3) is 0 Å². The van der Waals surface area contributed by atoms with Crippen molar-refractivity contribution in [2.45, 2.75) is 19.3 Å². The van der Waals surface area contributed by atoms with Gasteiger partial charge in [-0.1, -0.05) is 0 Å². The molecule has 14 heavy (non-hydrogen) atoms. The molecule has 4 nitrogen and oxygen atoms in total. The summed E-state index contributed by atoms with van der Waals surface area (Å²) in [6.45, 7) is 0.971. The molecule has 1 heterocycles. The molecule has 0 aromatic carbocycles. The molecule has 0 spiro atoms. The molecule has 78 valence electrons. The van der Waals surface area contributed by atoms with Gasteiger partial charge in [0.15, 0.2) is 5.82 Å². The van der Waals surface area contributed by atoms with Gasteiger partial charge in [0, 0.05) is 13.2 Å². The number of nitrogens with one attached hydrogen (secondary N) is 1. The molecule has 0 bridgehead atoms. The quantitative estimate of drug-likeness (QED) is 0.676. The highest BCUT2D eigenvalue weighted by Gasteiger charge is 1.95. The molecular weight excluding hydrogens is 185 g/mol. The summed E-state index contributed by atoms with van der Waals surface area (Å²) in [5.41, 5.74) is 0. The molecule has 0 saturated heterocycles. The van der Waals surface area contributed by atoms with E-state index in [1.807, 2.05) is 0 Å². The number of unbranched alkanes of at least 4 members (excludes halogenated alkanes) is 2. The van der Waals surface area contributed by atoms with Gasteiger partial charge in [-0.3, -0.25) is 0 Å². The van der Waals surface area contributed by atoms with E-state index in [9.17, 15) is 4.39 Å². The summed E-state index contributed by atoms with van der Waals surface area (Å²) in [6.07, 6.45) is 4.98. The molecule has 0 saturated carbocycles. The third-order valence-electron chi connectivity index (χ3n) is 1.74. The molecule has 0 fully saturated rings. The van der Waals surface area contributed by atoms with Crippen molar-refractivity contribution in [1.82, 2.24) is 9.97 Å². The van der Waals surface area contributed by atoms with Gasteiger partial charge in [0.2, 0.25) is 5.95 Å². The molecule has 0 aliphatic heterocycles. The third-order valence-corrected chi connectivity index (χ3v) is 1.74. The second-order valence-electron chi connectivity index (χ2n) is 2.94. The molecule has 1 aromatic rings. The first-order chi connectivity index (χ1) is 6.83. The average molecular weight is 199 g/mol. The lowest BCUT2D eigenvalue weighted by Crippen LogP contribution is -2.05. The zero-order valence-corrected chi connectivity index (χ0v) is 7.91. The lowest BCUT2D eigenvalue weighted by atomic mass is 10.2. The van der Waals surface area contributed by atoms with Gasteiger partial charge in [-0.05, 0) is 19.3 Å². The van der Waals surface area contributed by atoms with Crippen molar-refractivity contribution in [2.24, 2.45) is 0 Å². The van der Waals surface area contributed by atoms with Crippen molar-refractivity contribution in [3.8, 4) is 0 Å². The molecule has 0 atom stereocenters. The molecule has 0 aliphatic carbocycles. The predicted molar refractivity (Wildman–Crippen MR) is 51.4 cm³/mol. The Labute approximate surface area is 82.2 Å². The van der Waals surface area contributed by atoms with E-state index in [1.54, 1.807) is 0 Å². The van der Waals surface area contributed by atoms with Crippen molar-refractivity contribution in [3.05, 3.63) is 18.2 Å². The standard InChI is InChI=1S/C9H14FN3O/c10-8-6-12-9(13-7-8)11-4-2-1-3-5-14/h6-7,14H,1-5H2,(H,11,12,13). The topological polar surface area (TPSA) is 58.0 Å². The van der Waals surface area contributed by atoms with Gasteiger partial charge in [-0.25, -0.2) is 14.4 Å². The number of aliphatic hydroxyl groups excluding tert-OH is 1. The third kappa shape index (κ3) is 4.13. The summed E-state index contributed by atoms with van der Waals surface area (Å²) in [7, 11) is 0. The Kier molecular flexibility index (Phi) is 4.85. The van der Waals surface area contributed by atoms with Gasteiger partial charge in [0.05, 0.1) is 12.4 Å². The number of aromatic nitrogens is 2. The summed E-state index contributed by atoms with van der Waals surface area (Å²) in [4.78, 5) is 7.50. The van der Waals surface area contributed by atoms with Gasteiger partial charge >= 0.3 is 0 Å². The van der Waals surface area contributed by atoms with Crippen LogP contribution in [-0.2, 0) is 0 Å². The number of nitrogens with zero attached hydrogens (tertiary/aromatic N) is 2. The second-order valence-corrected chi connectivity index (χ2v) is 2.94. The van der Waals surface area contributed by atoms with Crippen LogP contribution in [0.4, 0.5) is 10.3 Å². The van der Waals surface area contributed by atoms with Crippen LogP contribution in [0.2, 0.25) is 0 Å². The summed E-state index contributed by atoms with van der Waals surface area (Å²) < 4.78 is 12.4. The summed E-state index contributed by atoms with van der Waals surface area (Å²) in [5.74, 6) is 0.00577. The number of aliphatic hydroxyl groups is 1. The molecule has 2 N–H and O–H groups in total. The number of hydrogen-bond acceptors (Lipinski definition) is 4. The average Bonchev–Trinajstić information content (AvgIpc) is 2.21. The highest BCUT2D eigenvalue weighted by molar-refractivity contribution is 5.21. The Bertz CT molecular complexity index is 253. The Morgan fingerprint density at radius 2 is 1.93 bits per heavy atom. The predicted octanol–water partition coefficient (Wildman–Crippen LogP) is 1.19. The molecule has 0 radical (unpaired) electrons. The summed E-state index contributed by atoms with van der Waals surface area (Å²) >= 11 is 0. The van der Waals surface area contributed by atoms with E-state index in [4.69, 9.17) is 5.11 Å². The molecule has 0 unspecified atom stereocenters. The molecular formula is C9H14FN3O. The van der Waals surface area contributed by atoms with Gasteiger partial charge in [0.25, 0.3) is 0 Å². The van der Waals surface area contributed by atoms with Crippen molar-refractivity contribution < 1.29 is 9.50 Å². The molecule has 0 amide bonds. The van der Waals surface area contributed by atoms with Crippen molar-refractivity contribution in [2.75, 3.05) is 18.5 Å². The minimum Gasteiger partial charge on any atom is -0.396 e. The fourth-order valence-electron chi connectivity index (χ4n) is 1.02. The van der Waals surface area contributed by atoms with E-state index in [0.29, 0.717) is 5.95 Å². The van der Waals surface area contributed by atoms with Gasteiger partial charge in [-0.2, -0.15) is 0 Å². The Morgan fingerprint density at radius 1 is 1.21 bits per heavy atom. The Hall–Kier alpha value is -1.23. The highest BCUT2D eigenvalue weighted by Crippen LogP contribution is 1.99. The largest absolute Gasteiger partial charge is 0.396 e. The van der Waals surface area contributed by atoms with Gasteiger partial charge in [0.1, 0.15) is 0 Å². The number of hydrogen-bond donors (Lipinski definition) is 2. The van der Waals surface area contributed by atoms with Crippen LogP contribution < -0.4 is 5.32 Å². The van der Waals surface area contributed by atoms with Crippen LogP contribution in [0.1, 0.15) is 19.3 Å². The Balaban J connectivity index is 2.15. The van der Waals surface area contributed by atoms with E-state index < -0.39 is 5.82 Å². The van der Waals surface area contributed by atoms with E-state index >= 15 is 0 Å². The molecule has 0 aliphatic rings. The van der Waals surface area contributed by atoms with Crippen LogP contribution in [0, 0.1) is 5.82 Å². The maximum atomic E-state index is 12.4. The summed E-state index contributed by atoms with van der Waals surface area (Å²) in [5, 5.41) is 11.5. The van der Waals surface area contributed by atoms with E-state index in [1.165, 1.54) is 0 Å². The number of halogens is 1.